The number of benzene rings is 1. The maximum absolute atomic E-state index is 13.2. The molecule has 1 saturated carbocycles. The van der Waals surface area contributed by atoms with Crippen molar-refractivity contribution in [2.45, 2.75) is 31.7 Å². The van der Waals surface area contributed by atoms with Gasteiger partial charge in [0.05, 0.1) is 28.3 Å². The quantitative estimate of drug-likeness (QED) is 0.591. The summed E-state index contributed by atoms with van der Waals surface area (Å²) >= 11 is 2.81. The van der Waals surface area contributed by atoms with Crippen LogP contribution in [0.15, 0.2) is 69.7 Å². The van der Waals surface area contributed by atoms with Gasteiger partial charge in [0.15, 0.2) is 0 Å². The third-order valence-corrected chi connectivity index (χ3v) is 7.00. The molecule has 4 rings (SSSR count). The number of nitrogens with one attached hydrogen (secondary N) is 3. The van der Waals surface area contributed by atoms with Crippen LogP contribution in [0.4, 0.5) is 5.69 Å². The lowest BCUT2D eigenvalue weighted by Gasteiger charge is -2.29. The van der Waals surface area contributed by atoms with Crippen molar-refractivity contribution in [1.82, 2.24) is 10.6 Å². The van der Waals surface area contributed by atoms with Gasteiger partial charge in [0.2, 0.25) is 5.91 Å². The number of hydrogen-bond acceptors (Lipinski definition) is 6. The second-order valence-corrected chi connectivity index (χ2v) is 9.38. The highest BCUT2D eigenvalue weighted by atomic mass is 32.2. The number of rotatable bonds is 7. The van der Waals surface area contributed by atoms with Crippen LogP contribution in [0.25, 0.3) is 0 Å². The lowest BCUT2D eigenvalue weighted by Crippen LogP contribution is -2.31. The summed E-state index contributed by atoms with van der Waals surface area (Å²) in [4.78, 5) is 26.3. The standard InChI is InChI=1S/C23H22N4O2S2/c1-14-20(22(29)27-15-6-3-2-4-7-15)21(18-8-5-11-30-18)17(12-24)23(25-14)31-13-19(28)26-16-9-10-16/h2-8,11,16,21,25H,9-10,13H2,1H3,(H,26,28)(H,27,29)/t21-/m0/s1. The number of thiophene rings is 1. The van der Waals surface area contributed by atoms with Gasteiger partial charge >= 0.3 is 0 Å². The van der Waals surface area contributed by atoms with E-state index in [0.29, 0.717) is 33.6 Å². The number of para-hydroxylation sites is 1. The lowest BCUT2D eigenvalue weighted by atomic mass is 9.86. The van der Waals surface area contributed by atoms with Crippen LogP contribution in [0.2, 0.25) is 0 Å². The number of allylic oxidation sites excluding steroid dienone is 2. The maximum Gasteiger partial charge on any atom is 0.254 e. The highest BCUT2D eigenvalue weighted by Crippen LogP contribution is 2.42. The Bertz CT molecular complexity index is 1080. The monoisotopic (exact) mass is 450 g/mol. The summed E-state index contributed by atoms with van der Waals surface area (Å²) in [6, 6.07) is 15.7. The molecule has 3 N–H and O–H groups in total. The molecular formula is C23H22N4O2S2. The SMILES string of the molecule is CC1=C(C(=O)Nc2ccccc2)[C@H](c2cccs2)C(C#N)=C(SCC(=O)NC2CC2)N1. The van der Waals surface area contributed by atoms with E-state index in [2.05, 4.69) is 22.0 Å². The molecule has 0 radical (unpaired) electrons. The summed E-state index contributed by atoms with van der Waals surface area (Å²) in [5, 5.41) is 21.7. The Balaban J connectivity index is 1.62. The molecule has 1 aliphatic carbocycles. The molecule has 158 valence electrons. The molecule has 2 aliphatic rings. The van der Waals surface area contributed by atoms with Crippen molar-refractivity contribution < 1.29 is 9.59 Å². The number of nitrogens with zero attached hydrogens (tertiary/aromatic N) is 1. The molecule has 2 heterocycles. The van der Waals surface area contributed by atoms with E-state index in [0.717, 1.165) is 17.7 Å². The van der Waals surface area contributed by atoms with Crippen LogP contribution >= 0.6 is 23.1 Å². The topological polar surface area (TPSA) is 94.0 Å². The largest absolute Gasteiger partial charge is 0.353 e. The lowest BCUT2D eigenvalue weighted by molar-refractivity contribution is -0.118. The summed E-state index contributed by atoms with van der Waals surface area (Å²) in [6.07, 6.45) is 2.06. The van der Waals surface area contributed by atoms with Gasteiger partial charge < -0.3 is 16.0 Å². The third kappa shape index (κ3) is 5.01. The van der Waals surface area contributed by atoms with Gasteiger partial charge in [-0.05, 0) is 43.3 Å². The van der Waals surface area contributed by atoms with Crippen molar-refractivity contribution in [2.75, 3.05) is 11.1 Å². The first kappa shape index (κ1) is 21.2. The zero-order valence-corrected chi connectivity index (χ0v) is 18.6. The van der Waals surface area contributed by atoms with E-state index in [1.807, 2.05) is 54.8 Å². The Morgan fingerprint density at radius 1 is 1.23 bits per heavy atom. The van der Waals surface area contributed by atoms with Crippen LogP contribution in [-0.2, 0) is 9.59 Å². The third-order valence-electron chi connectivity index (χ3n) is 5.04. The second-order valence-electron chi connectivity index (χ2n) is 7.42. The molecular weight excluding hydrogens is 428 g/mol. The molecule has 2 aromatic rings. The first-order valence-electron chi connectivity index (χ1n) is 10.0. The fourth-order valence-corrected chi connectivity index (χ4v) is 5.17. The van der Waals surface area contributed by atoms with Gasteiger partial charge in [-0.2, -0.15) is 5.26 Å². The van der Waals surface area contributed by atoms with Gasteiger partial charge in [0.1, 0.15) is 0 Å². The van der Waals surface area contributed by atoms with E-state index in [9.17, 15) is 14.9 Å². The van der Waals surface area contributed by atoms with E-state index < -0.39 is 5.92 Å². The molecule has 1 aromatic carbocycles. The molecule has 1 aromatic heterocycles. The molecule has 8 heteroatoms. The summed E-state index contributed by atoms with van der Waals surface area (Å²) < 4.78 is 0. The van der Waals surface area contributed by atoms with E-state index in [1.165, 1.54) is 23.1 Å². The average Bonchev–Trinajstić information content (AvgIpc) is 3.40. The fraction of sp³-hybridized carbons (Fsp3) is 0.261. The Hall–Kier alpha value is -3.02. The normalized spacial score (nSPS) is 18.3. The van der Waals surface area contributed by atoms with E-state index in [1.54, 1.807) is 0 Å². The van der Waals surface area contributed by atoms with Crippen molar-refractivity contribution in [3.05, 3.63) is 74.6 Å². The number of anilines is 1. The van der Waals surface area contributed by atoms with Crippen molar-refractivity contribution >= 4 is 40.6 Å². The smallest absolute Gasteiger partial charge is 0.254 e. The zero-order valence-electron chi connectivity index (χ0n) is 17.0. The minimum absolute atomic E-state index is 0.0407. The summed E-state index contributed by atoms with van der Waals surface area (Å²) in [5.74, 6) is -0.553. The Morgan fingerprint density at radius 3 is 2.65 bits per heavy atom. The fourth-order valence-electron chi connectivity index (χ4n) is 3.42. The van der Waals surface area contributed by atoms with E-state index >= 15 is 0 Å². The first-order valence-corrected chi connectivity index (χ1v) is 11.9. The number of carbonyl (C=O) groups excluding carboxylic acids is 2. The molecule has 0 unspecified atom stereocenters. The van der Waals surface area contributed by atoms with E-state index in [4.69, 9.17) is 0 Å². The van der Waals surface area contributed by atoms with Crippen molar-refractivity contribution in [3.63, 3.8) is 0 Å². The molecule has 0 saturated heterocycles. The number of dihydropyridines is 1. The molecule has 0 bridgehead atoms. The van der Waals surface area contributed by atoms with Crippen LogP contribution in [0.5, 0.6) is 0 Å². The molecule has 2 amide bonds. The minimum atomic E-state index is -0.482. The highest BCUT2D eigenvalue weighted by molar-refractivity contribution is 8.03. The predicted octanol–water partition coefficient (Wildman–Crippen LogP) is 4.09. The van der Waals surface area contributed by atoms with Gasteiger partial charge in [-0.15, -0.1) is 11.3 Å². The van der Waals surface area contributed by atoms with Crippen molar-refractivity contribution in [2.24, 2.45) is 0 Å². The van der Waals surface area contributed by atoms with Gasteiger partial charge in [-0.3, -0.25) is 9.59 Å². The van der Waals surface area contributed by atoms with Gasteiger partial charge in [0.25, 0.3) is 5.91 Å². The maximum atomic E-state index is 13.2. The molecule has 1 atom stereocenters. The predicted molar refractivity (Wildman–Crippen MR) is 124 cm³/mol. The number of hydrogen-bond donors (Lipinski definition) is 3. The summed E-state index contributed by atoms with van der Waals surface area (Å²) in [6.45, 7) is 1.83. The van der Waals surface area contributed by atoms with Gasteiger partial charge in [-0.25, -0.2) is 0 Å². The average molecular weight is 451 g/mol. The van der Waals surface area contributed by atoms with Crippen LogP contribution in [0.1, 0.15) is 30.6 Å². The Labute approximate surface area is 189 Å². The van der Waals surface area contributed by atoms with Gasteiger partial charge in [0, 0.05) is 27.9 Å². The second kappa shape index (κ2) is 9.41. The number of thioether (sulfide) groups is 1. The number of amides is 2. The zero-order chi connectivity index (χ0) is 21.8. The number of carbonyl (C=O) groups is 2. The molecule has 31 heavy (non-hydrogen) atoms. The van der Waals surface area contributed by atoms with Crippen LogP contribution in [0, 0.1) is 11.3 Å². The minimum Gasteiger partial charge on any atom is -0.353 e. The van der Waals surface area contributed by atoms with Crippen LogP contribution in [-0.4, -0.2) is 23.6 Å². The summed E-state index contributed by atoms with van der Waals surface area (Å²) in [5.41, 5.74) is 2.33. The first-order chi connectivity index (χ1) is 15.1. The molecule has 1 aliphatic heterocycles. The molecule has 6 nitrogen and oxygen atoms in total. The summed E-state index contributed by atoms with van der Waals surface area (Å²) in [7, 11) is 0. The Kier molecular flexibility index (Phi) is 6.44. The van der Waals surface area contributed by atoms with Crippen LogP contribution < -0.4 is 16.0 Å². The van der Waals surface area contributed by atoms with Crippen molar-refractivity contribution in [3.8, 4) is 6.07 Å². The van der Waals surface area contributed by atoms with Gasteiger partial charge in [-0.1, -0.05) is 36.0 Å². The highest BCUT2D eigenvalue weighted by Gasteiger charge is 2.35. The van der Waals surface area contributed by atoms with Crippen LogP contribution in [0.3, 0.4) is 0 Å². The van der Waals surface area contributed by atoms with E-state index in [-0.39, 0.29) is 17.6 Å². The van der Waals surface area contributed by atoms with Crippen molar-refractivity contribution in [1.29, 1.82) is 5.26 Å². The molecule has 0 spiro atoms. The molecule has 1 fully saturated rings. The number of nitriles is 1. The Morgan fingerprint density at radius 2 is 2.00 bits per heavy atom.